The first-order valence-electron chi connectivity index (χ1n) is 5.29. The van der Waals surface area contributed by atoms with E-state index in [0.29, 0.717) is 11.1 Å². The van der Waals surface area contributed by atoms with E-state index >= 15 is 0 Å². The molecule has 1 amide bonds. The van der Waals surface area contributed by atoms with Gasteiger partial charge in [0.1, 0.15) is 11.6 Å². The molecule has 2 aromatic rings. The Balaban J connectivity index is 2.11. The number of rotatable bonds is 3. The van der Waals surface area contributed by atoms with Crippen LogP contribution >= 0.6 is 11.3 Å². The Bertz CT molecular complexity index is 554. The maximum Gasteiger partial charge on any atom is 0.254 e. The summed E-state index contributed by atoms with van der Waals surface area (Å²) in [6, 6.07) is 5.06. The zero-order valence-electron chi connectivity index (χ0n) is 9.69. The smallest absolute Gasteiger partial charge is 0.254 e. The van der Waals surface area contributed by atoms with Gasteiger partial charge in [0.2, 0.25) is 0 Å². The summed E-state index contributed by atoms with van der Waals surface area (Å²) >= 11 is 1.43. The summed E-state index contributed by atoms with van der Waals surface area (Å²) in [5, 5.41) is 3.54. The largest absolute Gasteiger partial charge is 0.337 e. The van der Waals surface area contributed by atoms with E-state index in [0.717, 1.165) is 6.07 Å². The van der Waals surface area contributed by atoms with Crippen LogP contribution in [-0.4, -0.2) is 17.9 Å². The van der Waals surface area contributed by atoms with Gasteiger partial charge in [0.25, 0.3) is 5.91 Å². The Morgan fingerprint density at radius 1 is 1.33 bits per heavy atom. The van der Waals surface area contributed by atoms with Gasteiger partial charge in [0, 0.05) is 30.6 Å². The summed E-state index contributed by atoms with van der Waals surface area (Å²) < 4.78 is 26.2. The highest BCUT2D eigenvalue weighted by molar-refractivity contribution is 7.08. The number of nitrogens with zero attached hydrogens (tertiary/aromatic N) is 1. The van der Waals surface area contributed by atoms with Crippen molar-refractivity contribution in [2.75, 3.05) is 7.05 Å². The highest BCUT2D eigenvalue weighted by Crippen LogP contribution is 2.14. The number of carbonyl (C=O) groups is 1. The van der Waals surface area contributed by atoms with Crippen LogP contribution in [0.15, 0.2) is 35.0 Å². The molecule has 2 rings (SSSR count). The van der Waals surface area contributed by atoms with Crippen LogP contribution < -0.4 is 0 Å². The highest BCUT2D eigenvalue weighted by atomic mass is 32.1. The summed E-state index contributed by atoms with van der Waals surface area (Å²) in [6.07, 6.45) is 0. The first-order valence-corrected chi connectivity index (χ1v) is 6.24. The van der Waals surface area contributed by atoms with Gasteiger partial charge in [0.05, 0.1) is 5.56 Å². The number of amides is 1. The predicted molar refractivity (Wildman–Crippen MR) is 66.5 cm³/mol. The lowest BCUT2D eigenvalue weighted by atomic mass is 10.2. The Morgan fingerprint density at radius 2 is 2.11 bits per heavy atom. The zero-order chi connectivity index (χ0) is 13.1. The van der Waals surface area contributed by atoms with Crippen LogP contribution in [-0.2, 0) is 6.54 Å². The van der Waals surface area contributed by atoms with E-state index in [4.69, 9.17) is 0 Å². The molecule has 18 heavy (non-hydrogen) atoms. The second-order valence-electron chi connectivity index (χ2n) is 3.91. The maximum atomic E-state index is 13.4. The van der Waals surface area contributed by atoms with Crippen LogP contribution in [0.2, 0.25) is 0 Å². The summed E-state index contributed by atoms with van der Waals surface area (Å²) in [6.45, 7) is 0.112. The number of hydrogen-bond acceptors (Lipinski definition) is 2. The summed E-state index contributed by atoms with van der Waals surface area (Å²) in [5.74, 6) is -1.44. The first-order chi connectivity index (χ1) is 8.58. The van der Waals surface area contributed by atoms with Crippen LogP contribution in [0, 0.1) is 11.6 Å². The molecule has 0 aliphatic heterocycles. The van der Waals surface area contributed by atoms with Crippen molar-refractivity contribution in [3.63, 3.8) is 0 Å². The molecule has 0 N–H and O–H groups in total. The molecule has 94 valence electrons. The van der Waals surface area contributed by atoms with Gasteiger partial charge in [-0.2, -0.15) is 11.3 Å². The summed E-state index contributed by atoms with van der Waals surface area (Å²) in [7, 11) is 1.59. The Morgan fingerprint density at radius 3 is 2.72 bits per heavy atom. The van der Waals surface area contributed by atoms with Crippen molar-refractivity contribution in [3.05, 3.63) is 57.8 Å². The lowest BCUT2D eigenvalue weighted by Gasteiger charge is -2.17. The van der Waals surface area contributed by atoms with Crippen molar-refractivity contribution in [1.29, 1.82) is 0 Å². The van der Waals surface area contributed by atoms with E-state index in [-0.39, 0.29) is 12.5 Å². The quantitative estimate of drug-likeness (QED) is 0.835. The van der Waals surface area contributed by atoms with E-state index in [1.165, 1.54) is 28.4 Å². The molecular weight excluding hydrogens is 256 g/mol. The Labute approximate surface area is 107 Å². The number of benzene rings is 1. The minimum absolute atomic E-state index is 0.112. The maximum absolute atomic E-state index is 13.4. The molecule has 0 radical (unpaired) electrons. The third-order valence-corrected chi connectivity index (χ3v) is 3.22. The number of thiophene rings is 1. The van der Waals surface area contributed by atoms with Gasteiger partial charge in [-0.25, -0.2) is 8.78 Å². The predicted octanol–water partition coefficient (Wildman–Crippen LogP) is 3.30. The van der Waals surface area contributed by atoms with Crippen molar-refractivity contribution < 1.29 is 13.6 Å². The van der Waals surface area contributed by atoms with Crippen LogP contribution in [0.3, 0.4) is 0 Å². The van der Waals surface area contributed by atoms with E-state index in [2.05, 4.69) is 0 Å². The molecule has 0 saturated heterocycles. The van der Waals surface area contributed by atoms with Crippen molar-refractivity contribution in [2.24, 2.45) is 0 Å². The molecule has 0 atom stereocenters. The van der Waals surface area contributed by atoms with E-state index in [1.54, 1.807) is 23.9 Å². The second-order valence-corrected chi connectivity index (χ2v) is 4.69. The van der Waals surface area contributed by atoms with Crippen molar-refractivity contribution in [2.45, 2.75) is 6.54 Å². The van der Waals surface area contributed by atoms with Gasteiger partial charge in [-0.15, -0.1) is 0 Å². The van der Waals surface area contributed by atoms with Crippen LogP contribution in [0.25, 0.3) is 0 Å². The molecule has 2 nitrogen and oxygen atoms in total. The molecule has 1 aromatic heterocycles. The summed E-state index contributed by atoms with van der Waals surface area (Å²) in [5.41, 5.74) is 0.868. The van der Waals surface area contributed by atoms with Crippen molar-refractivity contribution in [3.8, 4) is 0 Å². The van der Waals surface area contributed by atoms with E-state index < -0.39 is 11.6 Å². The zero-order valence-corrected chi connectivity index (χ0v) is 10.5. The molecule has 1 aromatic carbocycles. The van der Waals surface area contributed by atoms with Crippen molar-refractivity contribution >= 4 is 17.2 Å². The van der Waals surface area contributed by atoms with Gasteiger partial charge in [-0.05, 0) is 17.5 Å². The highest BCUT2D eigenvalue weighted by Gasteiger charge is 2.14. The molecule has 1 heterocycles. The first kappa shape index (κ1) is 12.7. The monoisotopic (exact) mass is 267 g/mol. The molecule has 0 saturated carbocycles. The molecule has 0 aliphatic rings. The minimum atomic E-state index is -0.639. The van der Waals surface area contributed by atoms with E-state index in [9.17, 15) is 13.6 Å². The van der Waals surface area contributed by atoms with Gasteiger partial charge >= 0.3 is 0 Å². The number of carbonyl (C=O) groups excluding carboxylic acids is 1. The van der Waals surface area contributed by atoms with Gasteiger partial charge < -0.3 is 4.90 Å². The molecule has 0 bridgehead atoms. The van der Waals surface area contributed by atoms with Crippen LogP contribution in [0.5, 0.6) is 0 Å². The molecule has 0 fully saturated rings. The van der Waals surface area contributed by atoms with Gasteiger partial charge in [0.15, 0.2) is 0 Å². The van der Waals surface area contributed by atoms with Gasteiger partial charge in [-0.3, -0.25) is 4.79 Å². The fourth-order valence-corrected chi connectivity index (χ4v) is 2.21. The fraction of sp³-hybridized carbons (Fsp3) is 0.154. The lowest BCUT2D eigenvalue weighted by Crippen LogP contribution is -2.26. The Kier molecular flexibility index (Phi) is 3.72. The second kappa shape index (κ2) is 5.27. The normalized spacial score (nSPS) is 10.4. The third kappa shape index (κ3) is 2.73. The number of hydrogen-bond donors (Lipinski definition) is 0. The standard InChI is InChI=1S/C13H11F2NOS/c1-16(13(17)10-4-5-18-8-10)7-9-2-3-11(14)6-12(9)15/h2-6,8H,7H2,1H3. The number of halogens is 2. The molecular formula is C13H11F2NOS. The average molecular weight is 267 g/mol. The SMILES string of the molecule is CN(Cc1ccc(F)cc1F)C(=O)c1ccsc1. The lowest BCUT2D eigenvalue weighted by molar-refractivity contribution is 0.0784. The molecule has 0 aliphatic carbocycles. The Hall–Kier alpha value is -1.75. The van der Waals surface area contributed by atoms with Crippen LogP contribution in [0.1, 0.15) is 15.9 Å². The van der Waals surface area contributed by atoms with Crippen LogP contribution in [0.4, 0.5) is 8.78 Å². The third-order valence-electron chi connectivity index (χ3n) is 2.54. The van der Waals surface area contributed by atoms with Gasteiger partial charge in [-0.1, -0.05) is 6.07 Å². The van der Waals surface area contributed by atoms with E-state index in [1.807, 2.05) is 0 Å². The molecule has 5 heteroatoms. The molecule has 0 spiro atoms. The average Bonchev–Trinajstić information content (AvgIpc) is 2.85. The molecule has 0 unspecified atom stereocenters. The fourth-order valence-electron chi connectivity index (χ4n) is 1.58. The summed E-state index contributed by atoms with van der Waals surface area (Å²) in [4.78, 5) is 13.3. The minimum Gasteiger partial charge on any atom is -0.337 e. The topological polar surface area (TPSA) is 20.3 Å². The van der Waals surface area contributed by atoms with Crippen molar-refractivity contribution in [1.82, 2.24) is 4.90 Å².